The van der Waals surface area contributed by atoms with E-state index in [0.717, 1.165) is 22.6 Å². The molecule has 28 heavy (non-hydrogen) atoms. The van der Waals surface area contributed by atoms with Gasteiger partial charge in [-0.3, -0.25) is 9.78 Å². The Morgan fingerprint density at radius 3 is 2.25 bits per heavy atom. The minimum absolute atomic E-state index is 0.209. The van der Waals surface area contributed by atoms with Crippen LogP contribution in [0.15, 0.2) is 95.8 Å². The van der Waals surface area contributed by atoms with Crippen LogP contribution in [0, 0.1) is 0 Å². The molecule has 0 saturated heterocycles. The molecule has 0 aliphatic heterocycles. The van der Waals surface area contributed by atoms with Crippen LogP contribution in [-0.2, 0) is 6.61 Å². The second-order valence-electron chi connectivity index (χ2n) is 6.27. The Labute approximate surface area is 162 Å². The van der Waals surface area contributed by atoms with E-state index in [9.17, 15) is 4.79 Å². The summed E-state index contributed by atoms with van der Waals surface area (Å²) in [6.45, 7) is 0.515. The summed E-state index contributed by atoms with van der Waals surface area (Å²) in [6.07, 6.45) is 0. The van der Waals surface area contributed by atoms with Gasteiger partial charge in [0, 0.05) is 17.3 Å². The molecule has 138 valence electrons. The maximum atomic E-state index is 12.0. The highest BCUT2D eigenvalue weighted by atomic mass is 16.5. The van der Waals surface area contributed by atoms with Crippen molar-refractivity contribution >= 4 is 11.6 Å². The molecule has 0 unspecified atom stereocenters. The zero-order chi connectivity index (χ0) is 19.2. The Kier molecular flexibility index (Phi) is 5.15. The van der Waals surface area contributed by atoms with Gasteiger partial charge in [0.25, 0.3) is 5.56 Å². The van der Waals surface area contributed by atoms with E-state index in [1.54, 1.807) is 0 Å². The number of H-pyrrole nitrogens is 1. The number of hydrogen-bond acceptors (Lipinski definition) is 4. The van der Waals surface area contributed by atoms with Gasteiger partial charge in [0.15, 0.2) is 0 Å². The highest BCUT2D eigenvalue weighted by Crippen LogP contribution is 2.20. The van der Waals surface area contributed by atoms with Gasteiger partial charge in [-0.2, -0.15) is 0 Å². The third-order valence-corrected chi connectivity index (χ3v) is 4.18. The zero-order valence-corrected chi connectivity index (χ0v) is 15.1. The van der Waals surface area contributed by atoms with Crippen LogP contribution in [-0.4, -0.2) is 9.97 Å². The van der Waals surface area contributed by atoms with Gasteiger partial charge in [0.1, 0.15) is 12.4 Å². The van der Waals surface area contributed by atoms with Crippen LogP contribution in [0.5, 0.6) is 5.75 Å². The lowest BCUT2D eigenvalue weighted by molar-refractivity contribution is 0.306. The monoisotopic (exact) mass is 369 g/mol. The van der Waals surface area contributed by atoms with E-state index in [1.807, 2.05) is 84.9 Å². The maximum Gasteiger partial charge on any atom is 0.252 e. The third-order valence-electron chi connectivity index (χ3n) is 4.18. The number of aromatic nitrogens is 2. The Hall–Kier alpha value is -3.86. The van der Waals surface area contributed by atoms with E-state index in [4.69, 9.17) is 4.74 Å². The van der Waals surface area contributed by atoms with Crippen LogP contribution >= 0.6 is 0 Å². The van der Waals surface area contributed by atoms with Crippen molar-refractivity contribution in [3.05, 3.63) is 107 Å². The van der Waals surface area contributed by atoms with Crippen LogP contribution in [0.2, 0.25) is 0 Å². The number of anilines is 2. The highest BCUT2D eigenvalue weighted by Gasteiger charge is 2.05. The summed E-state index contributed by atoms with van der Waals surface area (Å²) in [5.41, 5.74) is 3.22. The van der Waals surface area contributed by atoms with Crippen molar-refractivity contribution in [3.63, 3.8) is 0 Å². The second kappa shape index (κ2) is 8.22. The first-order chi connectivity index (χ1) is 13.8. The number of aromatic amines is 1. The average molecular weight is 369 g/mol. The van der Waals surface area contributed by atoms with Gasteiger partial charge in [-0.15, -0.1) is 0 Å². The quantitative estimate of drug-likeness (QED) is 0.514. The van der Waals surface area contributed by atoms with Crippen LogP contribution < -0.4 is 15.6 Å². The van der Waals surface area contributed by atoms with E-state index in [-0.39, 0.29) is 5.56 Å². The lowest BCUT2D eigenvalue weighted by Gasteiger charge is -2.09. The van der Waals surface area contributed by atoms with E-state index in [1.165, 1.54) is 6.07 Å². The Morgan fingerprint density at radius 2 is 1.54 bits per heavy atom. The first-order valence-corrected chi connectivity index (χ1v) is 8.97. The molecular weight excluding hydrogens is 350 g/mol. The summed E-state index contributed by atoms with van der Waals surface area (Å²) in [4.78, 5) is 19.2. The molecule has 0 amide bonds. The van der Waals surface area contributed by atoms with Crippen LogP contribution in [0.3, 0.4) is 0 Å². The van der Waals surface area contributed by atoms with Crippen molar-refractivity contribution < 1.29 is 4.74 Å². The lowest BCUT2D eigenvalue weighted by atomic mass is 10.1. The molecule has 2 N–H and O–H groups in total. The molecule has 5 heteroatoms. The minimum atomic E-state index is -0.209. The van der Waals surface area contributed by atoms with Crippen molar-refractivity contribution in [2.75, 3.05) is 5.32 Å². The van der Waals surface area contributed by atoms with Gasteiger partial charge in [0.2, 0.25) is 5.95 Å². The van der Waals surface area contributed by atoms with Crippen LogP contribution in [0.1, 0.15) is 5.56 Å². The molecule has 0 radical (unpaired) electrons. The molecular formula is C23H19N3O2. The van der Waals surface area contributed by atoms with Crippen molar-refractivity contribution in [1.29, 1.82) is 0 Å². The van der Waals surface area contributed by atoms with Gasteiger partial charge < -0.3 is 10.1 Å². The number of benzene rings is 3. The standard InChI is InChI=1S/C23H19N3O2/c27-22-15-21(18-9-5-2-6-10-18)25-23(26-22)24-19-11-13-20(14-12-19)28-16-17-7-3-1-4-8-17/h1-15H,16H2,(H2,24,25,26,27). The smallest absolute Gasteiger partial charge is 0.252 e. The Morgan fingerprint density at radius 1 is 0.857 bits per heavy atom. The SMILES string of the molecule is O=c1cc(-c2ccccc2)nc(Nc2ccc(OCc3ccccc3)cc2)[nH]1. The highest BCUT2D eigenvalue weighted by molar-refractivity contribution is 5.62. The van der Waals surface area contributed by atoms with Crippen molar-refractivity contribution in [1.82, 2.24) is 9.97 Å². The van der Waals surface area contributed by atoms with E-state index in [0.29, 0.717) is 18.2 Å². The normalized spacial score (nSPS) is 10.4. The minimum Gasteiger partial charge on any atom is -0.489 e. The Bertz CT molecular complexity index is 1090. The van der Waals surface area contributed by atoms with Crippen LogP contribution in [0.4, 0.5) is 11.6 Å². The molecule has 0 fully saturated rings. The van der Waals surface area contributed by atoms with Gasteiger partial charge in [0.05, 0.1) is 5.69 Å². The molecule has 4 aromatic rings. The molecule has 1 aromatic heterocycles. The lowest BCUT2D eigenvalue weighted by Crippen LogP contribution is -2.10. The molecule has 0 atom stereocenters. The number of ether oxygens (including phenoxy) is 1. The fourth-order valence-electron chi connectivity index (χ4n) is 2.79. The van der Waals surface area contributed by atoms with E-state index < -0.39 is 0 Å². The molecule has 1 heterocycles. The van der Waals surface area contributed by atoms with E-state index >= 15 is 0 Å². The fraction of sp³-hybridized carbons (Fsp3) is 0.0435. The van der Waals surface area contributed by atoms with Crippen molar-refractivity contribution in [2.24, 2.45) is 0 Å². The number of hydrogen-bond donors (Lipinski definition) is 2. The molecule has 3 aromatic carbocycles. The molecule has 0 aliphatic rings. The average Bonchev–Trinajstić information content (AvgIpc) is 2.74. The van der Waals surface area contributed by atoms with Gasteiger partial charge >= 0.3 is 0 Å². The first-order valence-electron chi connectivity index (χ1n) is 8.97. The summed E-state index contributed by atoms with van der Waals surface area (Å²) in [5, 5.41) is 3.13. The topological polar surface area (TPSA) is 67.0 Å². The van der Waals surface area contributed by atoms with Gasteiger partial charge in [-0.25, -0.2) is 4.98 Å². The largest absolute Gasteiger partial charge is 0.489 e. The molecule has 0 aliphatic carbocycles. The predicted molar refractivity (Wildman–Crippen MR) is 111 cm³/mol. The van der Waals surface area contributed by atoms with Gasteiger partial charge in [-0.1, -0.05) is 60.7 Å². The summed E-state index contributed by atoms with van der Waals surface area (Å²) >= 11 is 0. The molecule has 4 rings (SSSR count). The van der Waals surface area contributed by atoms with Crippen molar-refractivity contribution in [3.8, 4) is 17.0 Å². The summed E-state index contributed by atoms with van der Waals surface area (Å²) in [6, 6.07) is 28.6. The molecule has 5 nitrogen and oxygen atoms in total. The molecule has 0 spiro atoms. The van der Waals surface area contributed by atoms with E-state index in [2.05, 4.69) is 15.3 Å². The molecule has 0 bridgehead atoms. The van der Waals surface area contributed by atoms with Gasteiger partial charge in [-0.05, 0) is 29.8 Å². The molecule has 0 saturated carbocycles. The first kappa shape index (κ1) is 17.5. The number of rotatable bonds is 6. The van der Waals surface area contributed by atoms with Crippen LogP contribution in [0.25, 0.3) is 11.3 Å². The summed E-state index contributed by atoms with van der Waals surface area (Å²) in [7, 11) is 0. The second-order valence-corrected chi connectivity index (χ2v) is 6.27. The Balaban J connectivity index is 1.46. The number of nitrogens with one attached hydrogen (secondary N) is 2. The fourth-order valence-corrected chi connectivity index (χ4v) is 2.79. The number of nitrogens with zero attached hydrogens (tertiary/aromatic N) is 1. The summed E-state index contributed by atoms with van der Waals surface area (Å²) < 4.78 is 5.79. The third kappa shape index (κ3) is 4.45. The maximum absolute atomic E-state index is 12.0. The predicted octanol–water partition coefficient (Wildman–Crippen LogP) is 4.76. The van der Waals surface area contributed by atoms with Crippen molar-refractivity contribution in [2.45, 2.75) is 6.61 Å². The summed E-state index contributed by atoms with van der Waals surface area (Å²) in [5.74, 6) is 1.16. The zero-order valence-electron chi connectivity index (χ0n) is 15.1.